The van der Waals surface area contributed by atoms with Gasteiger partial charge >= 0.3 is 5.97 Å². The molecule has 0 aliphatic carbocycles. The van der Waals surface area contributed by atoms with Crippen LogP contribution in [0.25, 0.3) is 11.3 Å². The lowest BCUT2D eigenvalue weighted by atomic mass is 10.1. The van der Waals surface area contributed by atoms with Crippen molar-refractivity contribution < 1.29 is 19.2 Å². The van der Waals surface area contributed by atoms with Gasteiger partial charge in [0.25, 0.3) is 5.69 Å². The lowest BCUT2D eigenvalue weighted by molar-refractivity contribution is -0.384. The zero-order valence-electron chi connectivity index (χ0n) is 13.1. The molecule has 1 N–H and O–H groups in total. The number of carbonyl (C=O) groups excluding carboxylic acids is 2. The first-order chi connectivity index (χ1) is 12.0. The summed E-state index contributed by atoms with van der Waals surface area (Å²) in [6.45, 7) is 1.80. The van der Waals surface area contributed by atoms with E-state index in [4.69, 9.17) is 4.74 Å². The minimum atomic E-state index is -0.664. The average molecular weight is 409 g/mol. The Morgan fingerprint density at radius 3 is 2.80 bits per heavy atom. The van der Waals surface area contributed by atoms with Crippen molar-refractivity contribution in [2.75, 3.05) is 17.3 Å². The van der Waals surface area contributed by atoms with Crippen LogP contribution in [0.1, 0.15) is 17.3 Å². The normalized spacial score (nSPS) is 10.2. The van der Waals surface area contributed by atoms with Crippen molar-refractivity contribution in [1.82, 2.24) is 9.97 Å². The molecule has 0 saturated carbocycles. The summed E-state index contributed by atoms with van der Waals surface area (Å²) in [5, 5.41) is 13.5. The number of carbonyl (C=O) groups is 2. The molecule has 0 aliphatic heterocycles. The number of amides is 1. The Morgan fingerprint density at radius 1 is 1.40 bits per heavy atom. The number of esters is 1. The summed E-state index contributed by atoms with van der Waals surface area (Å²) in [7, 11) is 0. The summed E-state index contributed by atoms with van der Waals surface area (Å²) >= 11 is 3.00. The highest BCUT2D eigenvalue weighted by molar-refractivity contribution is 9.09. The summed E-state index contributed by atoms with van der Waals surface area (Å²) in [6.07, 6.45) is 1.21. The van der Waals surface area contributed by atoms with E-state index in [1.165, 1.54) is 24.4 Å². The molecule has 0 spiro atoms. The number of halogens is 1. The summed E-state index contributed by atoms with van der Waals surface area (Å²) in [6, 6.07) is 5.64. The van der Waals surface area contributed by atoms with Gasteiger partial charge in [-0.2, -0.15) is 0 Å². The molecule has 0 radical (unpaired) electrons. The molecule has 1 aromatic carbocycles. The van der Waals surface area contributed by atoms with E-state index in [0.717, 1.165) is 0 Å². The largest absolute Gasteiger partial charge is 0.462 e. The maximum Gasteiger partial charge on any atom is 0.341 e. The van der Waals surface area contributed by atoms with E-state index in [0.29, 0.717) is 5.56 Å². The Morgan fingerprint density at radius 2 is 2.16 bits per heavy atom. The Kier molecular flexibility index (Phi) is 6.12. The first-order valence-electron chi connectivity index (χ1n) is 7.11. The van der Waals surface area contributed by atoms with Crippen LogP contribution in [-0.2, 0) is 9.53 Å². The predicted molar refractivity (Wildman–Crippen MR) is 92.5 cm³/mol. The van der Waals surface area contributed by atoms with Crippen molar-refractivity contribution in [2.24, 2.45) is 0 Å². The number of ether oxygens (including phenoxy) is 1. The first-order valence-corrected chi connectivity index (χ1v) is 8.23. The summed E-state index contributed by atoms with van der Waals surface area (Å²) in [5.74, 6) is -1.07. The van der Waals surface area contributed by atoms with E-state index in [2.05, 4.69) is 31.2 Å². The molecule has 0 atom stereocenters. The molecule has 2 rings (SSSR count). The summed E-state index contributed by atoms with van der Waals surface area (Å²) in [5.41, 5.74) is 0.340. The van der Waals surface area contributed by atoms with Crippen molar-refractivity contribution in [3.8, 4) is 11.3 Å². The van der Waals surface area contributed by atoms with Gasteiger partial charge in [-0.25, -0.2) is 14.8 Å². The van der Waals surface area contributed by atoms with E-state index < -0.39 is 10.9 Å². The highest BCUT2D eigenvalue weighted by atomic mass is 79.9. The number of nitro benzene ring substituents is 1. The van der Waals surface area contributed by atoms with Gasteiger partial charge in [0.2, 0.25) is 11.9 Å². The van der Waals surface area contributed by atoms with Gasteiger partial charge in [-0.15, -0.1) is 0 Å². The van der Waals surface area contributed by atoms with Crippen LogP contribution in [0.4, 0.5) is 11.6 Å². The third kappa shape index (κ3) is 4.57. The number of rotatable bonds is 6. The molecule has 0 unspecified atom stereocenters. The van der Waals surface area contributed by atoms with Crippen LogP contribution >= 0.6 is 15.9 Å². The highest BCUT2D eigenvalue weighted by Crippen LogP contribution is 2.26. The van der Waals surface area contributed by atoms with Gasteiger partial charge < -0.3 is 4.74 Å². The summed E-state index contributed by atoms with van der Waals surface area (Å²) < 4.78 is 4.96. The van der Waals surface area contributed by atoms with Gasteiger partial charge in [-0.3, -0.25) is 20.2 Å². The van der Waals surface area contributed by atoms with Crippen LogP contribution in [0, 0.1) is 10.1 Å². The average Bonchev–Trinajstić information content (AvgIpc) is 2.61. The Hall–Kier alpha value is -2.88. The molecule has 0 saturated heterocycles. The van der Waals surface area contributed by atoms with Gasteiger partial charge in [-0.05, 0) is 6.92 Å². The molecule has 1 heterocycles. The second-order valence-electron chi connectivity index (χ2n) is 4.67. The van der Waals surface area contributed by atoms with Crippen LogP contribution in [0.5, 0.6) is 0 Å². The number of nitrogens with zero attached hydrogens (tertiary/aromatic N) is 3. The quantitative estimate of drug-likeness (QED) is 0.337. The number of nitrogens with one attached hydrogen (secondary N) is 1. The van der Waals surface area contributed by atoms with Crippen molar-refractivity contribution >= 4 is 39.4 Å². The number of hydrogen-bond donors (Lipinski definition) is 1. The fourth-order valence-electron chi connectivity index (χ4n) is 1.95. The first kappa shape index (κ1) is 18.5. The second kappa shape index (κ2) is 8.29. The molecular formula is C15H13BrN4O5. The van der Waals surface area contributed by atoms with Gasteiger partial charge in [-0.1, -0.05) is 28.1 Å². The van der Waals surface area contributed by atoms with Crippen LogP contribution in [0.15, 0.2) is 30.5 Å². The molecule has 9 nitrogen and oxygen atoms in total. The molecule has 1 aromatic heterocycles. The number of hydrogen-bond acceptors (Lipinski definition) is 7. The number of nitro groups is 1. The fraction of sp³-hybridized carbons (Fsp3) is 0.200. The Bertz CT molecular complexity index is 827. The SMILES string of the molecule is CCOC(=O)c1cnc(NC(=O)CBr)nc1-c1cccc([N+](=O)[O-])c1. The maximum atomic E-state index is 12.1. The number of benzene rings is 1. The molecule has 0 aliphatic rings. The molecule has 0 fully saturated rings. The standard InChI is InChI=1S/C15H13BrN4O5/c1-2-25-14(22)11-8-17-15(18-12(21)7-16)19-13(11)9-4-3-5-10(6-9)20(23)24/h3-6,8H,2,7H2,1H3,(H,17,18,19,21). The van der Waals surface area contributed by atoms with Gasteiger partial charge in [0.15, 0.2) is 0 Å². The highest BCUT2D eigenvalue weighted by Gasteiger charge is 2.19. The third-order valence-electron chi connectivity index (χ3n) is 2.99. The van der Waals surface area contributed by atoms with Crippen molar-refractivity contribution in [3.63, 3.8) is 0 Å². The second-order valence-corrected chi connectivity index (χ2v) is 5.23. The minimum Gasteiger partial charge on any atom is -0.462 e. The smallest absolute Gasteiger partial charge is 0.341 e. The predicted octanol–water partition coefficient (Wildman–Crippen LogP) is 2.56. The lowest BCUT2D eigenvalue weighted by Gasteiger charge is -2.10. The van der Waals surface area contributed by atoms with Gasteiger partial charge in [0.1, 0.15) is 5.56 Å². The number of aromatic nitrogens is 2. The van der Waals surface area contributed by atoms with Crippen molar-refractivity contribution in [3.05, 3.63) is 46.1 Å². The van der Waals surface area contributed by atoms with Crippen molar-refractivity contribution in [2.45, 2.75) is 6.92 Å². The van der Waals surface area contributed by atoms with Crippen molar-refractivity contribution in [1.29, 1.82) is 0 Å². The van der Waals surface area contributed by atoms with E-state index >= 15 is 0 Å². The third-order valence-corrected chi connectivity index (χ3v) is 3.50. The van der Waals surface area contributed by atoms with E-state index in [-0.39, 0.29) is 40.7 Å². The maximum absolute atomic E-state index is 12.1. The number of anilines is 1. The van der Waals surface area contributed by atoms with Crippen LogP contribution in [0.3, 0.4) is 0 Å². The fourth-order valence-corrected chi connectivity index (χ4v) is 2.09. The molecular weight excluding hydrogens is 396 g/mol. The minimum absolute atomic E-state index is 0.0287. The molecule has 25 heavy (non-hydrogen) atoms. The van der Waals surface area contributed by atoms with Crippen LogP contribution in [0.2, 0.25) is 0 Å². The number of non-ortho nitro benzene ring substituents is 1. The zero-order chi connectivity index (χ0) is 18.4. The van der Waals surface area contributed by atoms with E-state index in [9.17, 15) is 19.7 Å². The molecule has 2 aromatic rings. The Balaban J connectivity index is 2.55. The van der Waals surface area contributed by atoms with E-state index in [1.54, 1.807) is 13.0 Å². The lowest BCUT2D eigenvalue weighted by Crippen LogP contribution is -2.16. The molecule has 130 valence electrons. The molecule has 10 heteroatoms. The molecule has 1 amide bonds. The summed E-state index contributed by atoms with van der Waals surface area (Å²) in [4.78, 5) is 42.1. The monoisotopic (exact) mass is 408 g/mol. The van der Waals surface area contributed by atoms with Crippen LogP contribution < -0.4 is 5.32 Å². The topological polar surface area (TPSA) is 124 Å². The number of alkyl halides is 1. The Labute approximate surface area is 150 Å². The van der Waals surface area contributed by atoms with Crippen LogP contribution in [-0.4, -0.2) is 38.7 Å². The zero-order valence-corrected chi connectivity index (χ0v) is 14.6. The van der Waals surface area contributed by atoms with Gasteiger partial charge in [0.05, 0.1) is 22.6 Å². The molecule has 0 bridgehead atoms. The van der Waals surface area contributed by atoms with E-state index in [1.807, 2.05) is 0 Å². The van der Waals surface area contributed by atoms with Gasteiger partial charge in [0, 0.05) is 23.9 Å².